The van der Waals surface area contributed by atoms with Crippen LogP contribution in [0.25, 0.3) is 11.1 Å². The van der Waals surface area contributed by atoms with Crippen LogP contribution in [0, 0.1) is 13.8 Å². The summed E-state index contributed by atoms with van der Waals surface area (Å²) in [6, 6.07) is 4.24. The minimum atomic E-state index is 0.446. The molecule has 0 bridgehead atoms. The third kappa shape index (κ3) is 2.60. The molecule has 0 radical (unpaired) electrons. The standard InChI is InChI=1S/C18H24N2/c1-11(2)17-13(5)15(7-9-19-17)16-8-10-20-18(12(3)4)14(16)6/h7-12H,1-6H3. The first-order valence-electron chi connectivity index (χ1n) is 7.34. The number of hydrogen-bond acceptors (Lipinski definition) is 2. The maximum Gasteiger partial charge on any atom is 0.0464 e. The Bertz CT molecular complexity index is 557. The summed E-state index contributed by atoms with van der Waals surface area (Å²) in [5, 5.41) is 0. The van der Waals surface area contributed by atoms with Crippen molar-refractivity contribution in [1.29, 1.82) is 0 Å². The maximum atomic E-state index is 4.54. The van der Waals surface area contributed by atoms with Gasteiger partial charge in [-0.25, -0.2) is 0 Å². The van der Waals surface area contributed by atoms with E-state index in [2.05, 4.69) is 63.6 Å². The first-order chi connectivity index (χ1) is 9.43. The highest BCUT2D eigenvalue weighted by molar-refractivity contribution is 5.71. The lowest BCUT2D eigenvalue weighted by molar-refractivity contribution is 0.808. The minimum Gasteiger partial charge on any atom is -0.261 e. The molecule has 0 amide bonds. The molecule has 0 spiro atoms. The van der Waals surface area contributed by atoms with E-state index in [4.69, 9.17) is 0 Å². The first kappa shape index (κ1) is 14.7. The van der Waals surface area contributed by atoms with E-state index in [1.807, 2.05) is 12.4 Å². The lowest BCUT2D eigenvalue weighted by atomic mass is 9.91. The van der Waals surface area contributed by atoms with Gasteiger partial charge in [0.25, 0.3) is 0 Å². The molecule has 0 N–H and O–H groups in total. The van der Waals surface area contributed by atoms with Gasteiger partial charge in [0.2, 0.25) is 0 Å². The second-order valence-corrected chi connectivity index (χ2v) is 6.05. The third-order valence-corrected chi connectivity index (χ3v) is 3.87. The Hall–Kier alpha value is -1.70. The van der Waals surface area contributed by atoms with Crippen LogP contribution in [0.3, 0.4) is 0 Å². The zero-order valence-corrected chi connectivity index (χ0v) is 13.4. The van der Waals surface area contributed by atoms with E-state index in [1.54, 1.807) is 0 Å². The second-order valence-electron chi connectivity index (χ2n) is 6.05. The molecule has 0 saturated carbocycles. The molecule has 0 unspecified atom stereocenters. The Morgan fingerprint density at radius 3 is 1.35 bits per heavy atom. The van der Waals surface area contributed by atoms with Crippen LogP contribution in [0.1, 0.15) is 62.0 Å². The summed E-state index contributed by atoms with van der Waals surface area (Å²) >= 11 is 0. The molecule has 2 aromatic rings. The molecule has 0 aromatic carbocycles. The van der Waals surface area contributed by atoms with Crippen molar-refractivity contribution < 1.29 is 0 Å². The predicted molar refractivity (Wildman–Crippen MR) is 85.1 cm³/mol. The summed E-state index contributed by atoms with van der Waals surface area (Å²) in [4.78, 5) is 9.07. The molecule has 2 rings (SSSR count). The molecular formula is C18H24N2. The molecular weight excluding hydrogens is 244 g/mol. The van der Waals surface area contributed by atoms with E-state index in [-0.39, 0.29) is 0 Å². The monoisotopic (exact) mass is 268 g/mol. The van der Waals surface area contributed by atoms with Gasteiger partial charge in [-0.3, -0.25) is 9.97 Å². The number of hydrogen-bond donors (Lipinski definition) is 0. The van der Waals surface area contributed by atoms with E-state index in [0.717, 1.165) is 0 Å². The van der Waals surface area contributed by atoms with Crippen molar-refractivity contribution in [3.8, 4) is 11.1 Å². The number of nitrogens with zero attached hydrogens (tertiary/aromatic N) is 2. The van der Waals surface area contributed by atoms with Crippen LogP contribution in [0.5, 0.6) is 0 Å². The van der Waals surface area contributed by atoms with E-state index >= 15 is 0 Å². The molecule has 2 nitrogen and oxygen atoms in total. The molecule has 0 saturated heterocycles. The molecule has 2 heterocycles. The SMILES string of the molecule is Cc1c(-c2ccnc(C(C)C)c2C)ccnc1C(C)C. The van der Waals surface area contributed by atoms with Gasteiger partial charge in [-0.2, -0.15) is 0 Å². The number of aromatic nitrogens is 2. The minimum absolute atomic E-state index is 0.446. The van der Waals surface area contributed by atoms with Crippen molar-refractivity contribution in [2.24, 2.45) is 0 Å². The van der Waals surface area contributed by atoms with Crippen molar-refractivity contribution in [3.63, 3.8) is 0 Å². The van der Waals surface area contributed by atoms with Crippen molar-refractivity contribution in [2.45, 2.75) is 53.4 Å². The average molecular weight is 268 g/mol. The summed E-state index contributed by atoms with van der Waals surface area (Å²) in [6.45, 7) is 13.1. The van der Waals surface area contributed by atoms with Gasteiger partial charge in [0.05, 0.1) is 0 Å². The number of pyridine rings is 2. The summed E-state index contributed by atoms with van der Waals surface area (Å²) in [6.07, 6.45) is 3.85. The Morgan fingerprint density at radius 2 is 1.05 bits per heavy atom. The molecule has 2 heteroatoms. The average Bonchev–Trinajstić information content (AvgIpc) is 2.39. The van der Waals surface area contributed by atoms with Crippen LogP contribution >= 0.6 is 0 Å². The maximum absolute atomic E-state index is 4.54. The molecule has 0 aliphatic rings. The van der Waals surface area contributed by atoms with E-state index in [0.29, 0.717) is 11.8 Å². The Balaban J connectivity index is 2.64. The van der Waals surface area contributed by atoms with Crippen LogP contribution < -0.4 is 0 Å². The lowest BCUT2D eigenvalue weighted by Gasteiger charge is -2.17. The first-order valence-corrected chi connectivity index (χ1v) is 7.34. The van der Waals surface area contributed by atoms with E-state index in [1.165, 1.54) is 33.6 Å². The quantitative estimate of drug-likeness (QED) is 0.782. The molecule has 0 atom stereocenters. The number of rotatable bonds is 3. The van der Waals surface area contributed by atoms with E-state index < -0.39 is 0 Å². The van der Waals surface area contributed by atoms with Crippen molar-refractivity contribution in [3.05, 3.63) is 47.0 Å². The fourth-order valence-corrected chi connectivity index (χ4v) is 2.85. The normalized spacial score (nSPS) is 11.4. The summed E-state index contributed by atoms with van der Waals surface area (Å²) < 4.78 is 0. The Labute approximate surface area is 122 Å². The Kier molecular flexibility index (Phi) is 4.22. The lowest BCUT2D eigenvalue weighted by Crippen LogP contribution is -2.02. The van der Waals surface area contributed by atoms with Crippen LogP contribution in [0.2, 0.25) is 0 Å². The van der Waals surface area contributed by atoms with Gasteiger partial charge in [-0.15, -0.1) is 0 Å². The van der Waals surface area contributed by atoms with Crippen molar-refractivity contribution in [1.82, 2.24) is 9.97 Å². The van der Waals surface area contributed by atoms with Crippen molar-refractivity contribution >= 4 is 0 Å². The summed E-state index contributed by atoms with van der Waals surface area (Å²) in [7, 11) is 0. The van der Waals surface area contributed by atoms with E-state index in [9.17, 15) is 0 Å². The largest absolute Gasteiger partial charge is 0.261 e. The molecule has 0 aliphatic carbocycles. The van der Waals surface area contributed by atoms with Gasteiger partial charge in [-0.05, 0) is 60.1 Å². The molecule has 106 valence electrons. The van der Waals surface area contributed by atoms with Gasteiger partial charge in [-0.1, -0.05) is 27.7 Å². The van der Waals surface area contributed by atoms with Gasteiger partial charge >= 0.3 is 0 Å². The zero-order valence-electron chi connectivity index (χ0n) is 13.4. The summed E-state index contributed by atoms with van der Waals surface area (Å²) in [5.74, 6) is 0.892. The van der Waals surface area contributed by atoms with Gasteiger partial charge in [0.15, 0.2) is 0 Å². The highest BCUT2D eigenvalue weighted by Gasteiger charge is 2.14. The topological polar surface area (TPSA) is 25.8 Å². The Morgan fingerprint density at radius 1 is 0.700 bits per heavy atom. The van der Waals surface area contributed by atoms with Crippen LogP contribution in [-0.2, 0) is 0 Å². The predicted octanol–water partition coefficient (Wildman–Crippen LogP) is 5.01. The van der Waals surface area contributed by atoms with Gasteiger partial charge in [0, 0.05) is 23.8 Å². The smallest absolute Gasteiger partial charge is 0.0464 e. The van der Waals surface area contributed by atoms with Crippen LogP contribution in [0.15, 0.2) is 24.5 Å². The van der Waals surface area contributed by atoms with Crippen LogP contribution in [-0.4, -0.2) is 9.97 Å². The zero-order chi connectivity index (χ0) is 14.9. The third-order valence-electron chi connectivity index (χ3n) is 3.87. The van der Waals surface area contributed by atoms with Gasteiger partial charge in [0.1, 0.15) is 0 Å². The summed E-state index contributed by atoms with van der Waals surface area (Å²) in [5.41, 5.74) is 7.50. The fourth-order valence-electron chi connectivity index (χ4n) is 2.85. The molecule has 0 fully saturated rings. The molecule has 2 aromatic heterocycles. The highest BCUT2D eigenvalue weighted by atomic mass is 14.7. The van der Waals surface area contributed by atoms with Crippen LogP contribution in [0.4, 0.5) is 0 Å². The van der Waals surface area contributed by atoms with Gasteiger partial charge < -0.3 is 0 Å². The molecule has 20 heavy (non-hydrogen) atoms. The molecule has 0 aliphatic heterocycles. The second kappa shape index (κ2) is 5.74. The van der Waals surface area contributed by atoms with Crippen molar-refractivity contribution in [2.75, 3.05) is 0 Å². The fraction of sp³-hybridized carbons (Fsp3) is 0.444. The highest BCUT2D eigenvalue weighted by Crippen LogP contribution is 2.32.